The van der Waals surface area contributed by atoms with Gasteiger partial charge in [-0.1, -0.05) is 25.0 Å². The Morgan fingerprint density at radius 3 is 2.85 bits per heavy atom. The zero-order chi connectivity index (χ0) is 23.2. The number of hydrogen-bond acceptors (Lipinski definition) is 6. The lowest BCUT2D eigenvalue weighted by Crippen LogP contribution is -2.36. The summed E-state index contributed by atoms with van der Waals surface area (Å²) in [6, 6.07) is 12.2. The lowest BCUT2D eigenvalue weighted by atomic mass is 9.92. The van der Waals surface area contributed by atoms with Crippen LogP contribution in [0.5, 0.6) is 0 Å². The second kappa shape index (κ2) is 8.03. The Kier molecular flexibility index (Phi) is 4.84. The van der Waals surface area contributed by atoms with Gasteiger partial charge >= 0.3 is 5.69 Å². The van der Waals surface area contributed by atoms with E-state index in [1.165, 1.54) is 10.8 Å². The van der Waals surface area contributed by atoms with E-state index in [0.717, 1.165) is 30.3 Å². The molecule has 1 aliphatic rings. The molecule has 3 aromatic heterocycles. The highest BCUT2D eigenvalue weighted by Crippen LogP contribution is 2.31. The van der Waals surface area contributed by atoms with Gasteiger partial charge in [0.1, 0.15) is 23.4 Å². The number of para-hydroxylation sites is 1. The van der Waals surface area contributed by atoms with E-state index in [1.54, 1.807) is 36.7 Å². The molecule has 0 spiro atoms. The van der Waals surface area contributed by atoms with Crippen LogP contribution in [0.25, 0.3) is 38.9 Å². The van der Waals surface area contributed by atoms with Crippen LogP contribution < -0.4 is 16.4 Å². The SMILES string of the molecule is O=c1c(-c2c(NC3CCCCC3O)[nH]c(=O)n2-c2ccc3nc[nH]c3c2)coc2ccccc12. The molecule has 34 heavy (non-hydrogen) atoms. The van der Waals surface area contributed by atoms with Crippen LogP contribution in [-0.2, 0) is 0 Å². The first-order valence-electron chi connectivity index (χ1n) is 11.3. The van der Waals surface area contributed by atoms with E-state index in [-0.39, 0.29) is 17.0 Å². The van der Waals surface area contributed by atoms with Crippen LogP contribution >= 0.6 is 0 Å². The molecule has 1 aliphatic carbocycles. The van der Waals surface area contributed by atoms with E-state index in [2.05, 4.69) is 20.3 Å². The second-order valence-corrected chi connectivity index (χ2v) is 8.67. The molecular formula is C25H23N5O4. The van der Waals surface area contributed by atoms with Gasteiger partial charge in [-0.15, -0.1) is 0 Å². The maximum atomic E-state index is 13.5. The van der Waals surface area contributed by atoms with Crippen molar-refractivity contribution in [1.82, 2.24) is 19.5 Å². The molecule has 4 N–H and O–H groups in total. The largest absolute Gasteiger partial charge is 0.463 e. The summed E-state index contributed by atoms with van der Waals surface area (Å²) in [5.74, 6) is 0.378. The monoisotopic (exact) mass is 457 g/mol. The van der Waals surface area contributed by atoms with Crippen molar-refractivity contribution in [3.8, 4) is 16.9 Å². The maximum Gasteiger partial charge on any atom is 0.332 e. The molecule has 2 aromatic carbocycles. The van der Waals surface area contributed by atoms with E-state index >= 15 is 0 Å². The van der Waals surface area contributed by atoms with Gasteiger partial charge in [0, 0.05) is 0 Å². The van der Waals surface area contributed by atoms with E-state index in [1.807, 2.05) is 12.1 Å². The number of H-pyrrole nitrogens is 2. The molecule has 1 saturated carbocycles. The minimum Gasteiger partial charge on any atom is -0.463 e. The first-order valence-corrected chi connectivity index (χ1v) is 11.3. The van der Waals surface area contributed by atoms with E-state index in [0.29, 0.717) is 34.6 Å². The Hall–Kier alpha value is -4.11. The molecule has 5 aromatic rings. The number of fused-ring (bicyclic) bond motifs is 2. The highest BCUT2D eigenvalue weighted by atomic mass is 16.3. The molecule has 6 rings (SSSR count). The topological polar surface area (TPSA) is 129 Å². The predicted octanol–water partition coefficient (Wildman–Crippen LogP) is 3.53. The number of nitrogens with one attached hydrogen (secondary N) is 3. The molecule has 172 valence electrons. The first kappa shape index (κ1) is 20.5. The zero-order valence-corrected chi connectivity index (χ0v) is 18.2. The van der Waals surface area contributed by atoms with Crippen LogP contribution in [0.15, 0.2) is 69.1 Å². The summed E-state index contributed by atoms with van der Waals surface area (Å²) in [6.45, 7) is 0. The molecule has 9 nitrogen and oxygen atoms in total. The zero-order valence-electron chi connectivity index (χ0n) is 18.2. The van der Waals surface area contributed by atoms with Crippen molar-refractivity contribution < 1.29 is 9.52 Å². The Balaban J connectivity index is 1.59. The standard InChI is InChI=1S/C25H23N5O4/c31-20-7-3-2-6-18(20)28-24-22(16-12-34-21-8-4-1-5-15(21)23(16)32)30(25(33)29-24)14-9-10-17-19(11-14)27-13-26-17/h1,4-5,8-13,18,20,28,31H,2-3,6-7H2,(H,26,27)(H,29,33). The van der Waals surface area contributed by atoms with Gasteiger partial charge < -0.3 is 19.8 Å². The van der Waals surface area contributed by atoms with Crippen molar-refractivity contribution in [2.75, 3.05) is 5.32 Å². The molecule has 1 fully saturated rings. The third-order valence-electron chi connectivity index (χ3n) is 6.55. The molecule has 0 bridgehead atoms. The minimum atomic E-state index is -0.539. The molecule has 0 radical (unpaired) electrons. The van der Waals surface area contributed by atoms with Crippen LogP contribution in [0.3, 0.4) is 0 Å². The number of imidazole rings is 2. The van der Waals surface area contributed by atoms with Gasteiger partial charge in [0.15, 0.2) is 0 Å². The number of hydrogen-bond donors (Lipinski definition) is 4. The fourth-order valence-corrected chi connectivity index (χ4v) is 4.81. The number of aromatic nitrogens is 4. The number of aliphatic hydroxyl groups excluding tert-OH is 1. The quantitative estimate of drug-likeness (QED) is 0.327. The molecule has 0 aliphatic heterocycles. The summed E-state index contributed by atoms with van der Waals surface area (Å²) in [5, 5.41) is 14.3. The van der Waals surface area contributed by atoms with Crippen LogP contribution in [-0.4, -0.2) is 36.8 Å². The van der Waals surface area contributed by atoms with E-state index in [4.69, 9.17) is 4.42 Å². The average molecular weight is 457 g/mol. The summed E-state index contributed by atoms with van der Waals surface area (Å²) in [7, 11) is 0. The van der Waals surface area contributed by atoms with Gasteiger partial charge in [-0.05, 0) is 43.2 Å². The fourth-order valence-electron chi connectivity index (χ4n) is 4.81. The van der Waals surface area contributed by atoms with Crippen LogP contribution in [0.1, 0.15) is 25.7 Å². The van der Waals surface area contributed by atoms with E-state index in [9.17, 15) is 14.7 Å². The molecular weight excluding hydrogens is 434 g/mol. The number of aromatic amines is 2. The average Bonchev–Trinajstić information content (AvgIpc) is 3.44. The van der Waals surface area contributed by atoms with Gasteiger partial charge in [0.2, 0.25) is 5.43 Å². The van der Waals surface area contributed by atoms with Crippen molar-refractivity contribution in [1.29, 1.82) is 0 Å². The number of aliphatic hydroxyl groups is 1. The molecule has 2 unspecified atom stereocenters. The smallest absolute Gasteiger partial charge is 0.332 e. The van der Waals surface area contributed by atoms with Gasteiger partial charge in [-0.25, -0.2) is 9.78 Å². The normalized spacial score (nSPS) is 18.5. The molecule has 3 heterocycles. The lowest BCUT2D eigenvalue weighted by molar-refractivity contribution is 0.116. The van der Waals surface area contributed by atoms with Crippen LogP contribution in [0.2, 0.25) is 0 Å². The van der Waals surface area contributed by atoms with Crippen molar-refractivity contribution in [3.05, 3.63) is 75.8 Å². The number of rotatable bonds is 4. The van der Waals surface area contributed by atoms with Gasteiger partial charge in [-0.3, -0.25) is 14.3 Å². The number of nitrogens with zero attached hydrogens (tertiary/aromatic N) is 2. The lowest BCUT2D eigenvalue weighted by Gasteiger charge is -2.29. The number of anilines is 1. The fraction of sp³-hybridized carbons (Fsp3) is 0.240. The van der Waals surface area contributed by atoms with Crippen molar-refractivity contribution in [3.63, 3.8) is 0 Å². The van der Waals surface area contributed by atoms with E-state index < -0.39 is 11.8 Å². The summed E-state index contributed by atoms with van der Waals surface area (Å²) in [6.07, 6.45) is 5.83. The van der Waals surface area contributed by atoms with Crippen molar-refractivity contribution >= 4 is 27.8 Å². The molecule has 0 amide bonds. The molecule has 9 heteroatoms. The highest BCUT2D eigenvalue weighted by Gasteiger charge is 2.27. The molecule has 0 saturated heterocycles. The van der Waals surface area contributed by atoms with Gasteiger partial charge in [0.05, 0.1) is 46.1 Å². The maximum absolute atomic E-state index is 13.5. The van der Waals surface area contributed by atoms with Crippen molar-refractivity contribution in [2.45, 2.75) is 37.8 Å². The highest BCUT2D eigenvalue weighted by molar-refractivity contribution is 5.84. The minimum absolute atomic E-state index is 0.235. The molecule has 2 atom stereocenters. The summed E-state index contributed by atoms with van der Waals surface area (Å²) in [4.78, 5) is 36.9. The summed E-state index contributed by atoms with van der Waals surface area (Å²) >= 11 is 0. The number of benzene rings is 2. The third kappa shape index (κ3) is 3.32. The van der Waals surface area contributed by atoms with Crippen LogP contribution in [0.4, 0.5) is 5.82 Å². The Morgan fingerprint density at radius 2 is 1.97 bits per heavy atom. The van der Waals surface area contributed by atoms with Crippen molar-refractivity contribution in [2.24, 2.45) is 0 Å². The Bertz CT molecular complexity index is 1630. The predicted molar refractivity (Wildman–Crippen MR) is 129 cm³/mol. The third-order valence-corrected chi connectivity index (χ3v) is 6.55. The second-order valence-electron chi connectivity index (χ2n) is 8.67. The van der Waals surface area contributed by atoms with Gasteiger partial charge in [0.25, 0.3) is 0 Å². The summed E-state index contributed by atoms with van der Waals surface area (Å²) < 4.78 is 7.24. The van der Waals surface area contributed by atoms with Gasteiger partial charge in [-0.2, -0.15) is 0 Å². The van der Waals surface area contributed by atoms with Crippen LogP contribution in [0, 0.1) is 0 Å². The summed E-state index contributed by atoms with van der Waals surface area (Å²) in [5.41, 5.74) is 2.52. The Morgan fingerprint density at radius 1 is 1.12 bits per heavy atom. The first-order chi connectivity index (χ1) is 16.6. The Labute approximate surface area is 193 Å².